The number of aryl methyl sites for hydroxylation is 2. The van der Waals surface area contributed by atoms with E-state index >= 15 is 0 Å². The standard InChI is InChI=1S/C21H20ClFN2O/c22-18-11-14(23)10-17-16-12-15(7-8-19(16)25-21(17)18)24-20(26)9-6-13-4-2-1-3-5-13/h1-5,10-11,15,25H,6-9,12H2,(H,24,26). The summed E-state index contributed by atoms with van der Waals surface area (Å²) in [5, 5.41) is 4.36. The van der Waals surface area contributed by atoms with Crippen LogP contribution in [0.15, 0.2) is 42.5 Å². The van der Waals surface area contributed by atoms with E-state index in [4.69, 9.17) is 11.6 Å². The predicted octanol–water partition coefficient (Wildman–Crippen LogP) is 4.57. The Morgan fingerprint density at radius 2 is 2.08 bits per heavy atom. The van der Waals surface area contributed by atoms with Gasteiger partial charge in [-0.1, -0.05) is 41.9 Å². The molecule has 4 rings (SSSR count). The van der Waals surface area contributed by atoms with Gasteiger partial charge < -0.3 is 10.3 Å². The summed E-state index contributed by atoms with van der Waals surface area (Å²) in [5.41, 5.74) is 4.12. The second kappa shape index (κ2) is 7.12. The molecule has 1 aromatic heterocycles. The first-order valence-corrected chi connectivity index (χ1v) is 9.29. The summed E-state index contributed by atoms with van der Waals surface area (Å²) in [5.74, 6) is -0.273. The molecule has 1 unspecified atom stereocenters. The summed E-state index contributed by atoms with van der Waals surface area (Å²) in [6.45, 7) is 0. The number of hydrogen-bond acceptors (Lipinski definition) is 1. The van der Waals surface area contributed by atoms with E-state index in [2.05, 4.69) is 10.3 Å². The van der Waals surface area contributed by atoms with Crippen LogP contribution >= 0.6 is 11.6 Å². The number of hydrogen-bond donors (Lipinski definition) is 2. The van der Waals surface area contributed by atoms with Gasteiger partial charge in [0.1, 0.15) is 5.82 Å². The topological polar surface area (TPSA) is 44.9 Å². The summed E-state index contributed by atoms with van der Waals surface area (Å²) in [4.78, 5) is 15.6. The van der Waals surface area contributed by atoms with Gasteiger partial charge in [0, 0.05) is 23.5 Å². The van der Waals surface area contributed by atoms with Crippen LogP contribution in [0.5, 0.6) is 0 Å². The molecule has 1 aliphatic rings. The Bertz CT molecular complexity index is 952. The molecule has 0 saturated carbocycles. The molecule has 134 valence electrons. The molecule has 2 aromatic carbocycles. The second-order valence-corrected chi connectivity index (χ2v) is 7.29. The molecule has 2 N–H and O–H groups in total. The fraction of sp³-hybridized carbons (Fsp3) is 0.286. The van der Waals surface area contributed by atoms with Crippen molar-refractivity contribution in [3.8, 4) is 0 Å². The number of aromatic nitrogens is 1. The van der Waals surface area contributed by atoms with E-state index in [1.807, 2.05) is 30.3 Å². The van der Waals surface area contributed by atoms with Gasteiger partial charge in [-0.05, 0) is 48.9 Å². The number of halogens is 2. The number of carbonyl (C=O) groups is 1. The average Bonchev–Trinajstić information content (AvgIpc) is 2.99. The minimum atomic E-state index is -0.335. The van der Waals surface area contributed by atoms with E-state index < -0.39 is 0 Å². The van der Waals surface area contributed by atoms with Crippen molar-refractivity contribution >= 4 is 28.4 Å². The molecular formula is C21H20ClFN2O. The van der Waals surface area contributed by atoms with Gasteiger partial charge in [-0.2, -0.15) is 0 Å². The lowest BCUT2D eigenvalue weighted by Gasteiger charge is -2.23. The van der Waals surface area contributed by atoms with Gasteiger partial charge in [0.15, 0.2) is 0 Å². The summed E-state index contributed by atoms with van der Waals surface area (Å²) in [6, 6.07) is 12.9. The maximum Gasteiger partial charge on any atom is 0.220 e. The lowest BCUT2D eigenvalue weighted by atomic mass is 9.91. The van der Waals surface area contributed by atoms with E-state index in [1.165, 1.54) is 12.1 Å². The van der Waals surface area contributed by atoms with Crippen molar-refractivity contribution in [2.45, 2.75) is 38.1 Å². The van der Waals surface area contributed by atoms with Gasteiger partial charge in [0.25, 0.3) is 0 Å². The third-order valence-electron chi connectivity index (χ3n) is 5.06. The minimum Gasteiger partial charge on any atom is -0.357 e. The number of aromatic amines is 1. The molecule has 3 nitrogen and oxygen atoms in total. The zero-order chi connectivity index (χ0) is 18.1. The van der Waals surface area contributed by atoms with Crippen molar-refractivity contribution < 1.29 is 9.18 Å². The highest BCUT2D eigenvalue weighted by Crippen LogP contribution is 2.33. The Morgan fingerprint density at radius 1 is 1.27 bits per heavy atom. The zero-order valence-electron chi connectivity index (χ0n) is 14.3. The van der Waals surface area contributed by atoms with Crippen LogP contribution in [-0.4, -0.2) is 16.9 Å². The van der Waals surface area contributed by atoms with E-state index in [0.717, 1.165) is 47.0 Å². The molecule has 0 radical (unpaired) electrons. The lowest BCUT2D eigenvalue weighted by Crippen LogP contribution is -2.38. The highest BCUT2D eigenvalue weighted by atomic mass is 35.5. The minimum absolute atomic E-state index is 0.0614. The van der Waals surface area contributed by atoms with Crippen LogP contribution in [0.2, 0.25) is 5.02 Å². The van der Waals surface area contributed by atoms with Crippen LogP contribution in [0, 0.1) is 5.82 Å². The van der Waals surface area contributed by atoms with Crippen molar-refractivity contribution in [1.29, 1.82) is 0 Å². The van der Waals surface area contributed by atoms with Crippen LogP contribution in [0.4, 0.5) is 4.39 Å². The number of H-pyrrole nitrogens is 1. The van der Waals surface area contributed by atoms with Crippen molar-refractivity contribution in [2.75, 3.05) is 0 Å². The summed E-state index contributed by atoms with van der Waals surface area (Å²) >= 11 is 6.16. The molecule has 1 amide bonds. The van der Waals surface area contributed by atoms with Gasteiger partial charge >= 0.3 is 0 Å². The van der Waals surface area contributed by atoms with Crippen molar-refractivity contribution in [2.24, 2.45) is 0 Å². The van der Waals surface area contributed by atoms with Gasteiger partial charge in [-0.15, -0.1) is 0 Å². The van der Waals surface area contributed by atoms with Gasteiger partial charge in [0.2, 0.25) is 5.91 Å². The SMILES string of the molecule is O=C(CCc1ccccc1)NC1CCc2[nH]c3c(Cl)cc(F)cc3c2C1. The van der Waals surface area contributed by atoms with E-state index in [1.54, 1.807) is 0 Å². The number of nitrogens with one attached hydrogen (secondary N) is 2. The molecule has 3 aromatic rings. The first-order chi connectivity index (χ1) is 12.6. The van der Waals surface area contributed by atoms with Gasteiger partial charge in [-0.3, -0.25) is 4.79 Å². The van der Waals surface area contributed by atoms with Crippen LogP contribution in [0.25, 0.3) is 10.9 Å². The Morgan fingerprint density at radius 3 is 2.88 bits per heavy atom. The fourth-order valence-electron chi connectivity index (χ4n) is 3.77. The van der Waals surface area contributed by atoms with E-state index in [9.17, 15) is 9.18 Å². The van der Waals surface area contributed by atoms with Crippen molar-refractivity contribution in [3.63, 3.8) is 0 Å². The molecule has 5 heteroatoms. The fourth-order valence-corrected chi connectivity index (χ4v) is 4.02. The first-order valence-electron chi connectivity index (χ1n) is 8.92. The maximum atomic E-state index is 13.7. The van der Waals surface area contributed by atoms with Gasteiger partial charge in [-0.25, -0.2) is 4.39 Å². The second-order valence-electron chi connectivity index (χ2n) is 6.89. The lowest BCUT2D eigenvalue weighted by molar-refractivity contribution is -0.121. The Balaban J connectivity index is 1.44. The highest BCUT2D eigenvalue weighted by Gasteiger charge is 2.24. The maximum absolute atomic E-state index is 13.7. The van der Waals surface area contributed by atoms with Gasteiger partial charge in [0.05, 0.1) is 10.5 Å². The Kier molecular flexibility index (Phi) is 4.68. The van der Waals surface area contributed by atoms with Crippen molar-refractivity contribution in [3.05, 3.63) is 70.1 Å². The van der Waals surface area contributed by atoms with Crippen LogP contribution < -0.4 is 5.32 Å². The number of fused-ring (bicyclic) bond motifs is 3. The van der Waals surface area contributed by atoms with E-state index in [0.29, 0.717) is 17.9 Å². The van der Waals surface area contributed by atoms with Crippen LogP contribution in [-0.2, 0) is 24.1 Å². The molecule has 1 atom stereocenters. The number of rotatable bonds is 4. The number of amides is 1. The smallest absolute Gasteiger partial charge is 0.220 e. The predicted molar refractivity (Wildman–Crippen MR) is 102 cm³/mol. The third kappa shape index (κ3) is 3.47. The zero-order valence-corrected chi connectivity index (χ0v) is 15.1. The normalized spacial score (nSPS) is 16.5. The Labute approximate surface area is 156 Å². The number of benzene rings is 2. The quantitative estimate of drug-likeness (QED) is 0.694. The largest absolute Gasteiger partial charge is 0.357 e. The molecule has 0 bridgehead atoms. The summed E-state index contributed by atoms with van der Waals surface area (Å²) in [7, 11) is 0. The first kappa shape index (κ1) is 17.1. The Hall–Kier alpha value is -2.33. The molecular weight excluding hydrogens is 351 g/mol. The molecule has 1 heterocycles. The summed E-state index contributed by atoms with van der Waals surface area (Å²) in [6.07, 6.45) is 3.61. The molecule has 1 aliphatic carbocycles. The molecule has 0 fully saturated rings. The summed E-state index contributed by atoms with van der Waals surface area (Å²) < 4.78 is 13.7. The molecule has 0 saturated heterocycles. The molecule has 0 spiro atoms. The van der Waals surface area contributed by atoms with E-state index in [-0.39, 0.29) is 17.8 Å². The molecule has 26 heavy (non-hydrogen) atoms. The number of carbonyl (C=O) groups excluding carboxylic acids is 1. The highest BCUT2D eigenvalue weighted by molar-refractivity contribution is 6.35. The molecule has 0 aliphatic heterocycles. The monoisotopic (exact) mass is 370 g/mol. The van der Waals surface area contributed by atoms with Crippen molar-refractivity contribution in [1.82, 2.24) is 10.3 Å². The average molecular weight is 371 g/mol. The van der Waals surface area contributed by atoms with Crippen LogP contribution in [0.1, 0.15) is 29.7 Å². The third-order valence-corrected chi connectivity index (χ3v) is 5.36. The van der Waals surface area contributed by atoms with Crippen LogP contribution in [0.3, 0.4) is 0 Å².